The molecular weight excluding hydrogens is 184 g/mol. The monoisotopic (exact) mass is 200 g/mol. The van der Waals surface area contributed by atoms with Crippen LogP contribution >= 0.6 is 0 Å². The Bertz CT molecular complexity index is 435. The second kappa shape index (κ2) is 3.54. The Morgan fingerprint density at radius 3 is 2.27 bits per heavy atom. The fourth-order valence-electron chi connectivity index (χ4n) is 1.65. The summed E-state index contributed by atoms with van der Waals surface area (Å²) in [5, 5.41) is 4.37. The van der Waals surface area contributed by atoms with Gasteiger partial charge in [-0.2, -0.15) is 5.10 Å². The van der Waals surface area contributed by atoms with Gasteiger partial charge in [-0.05, 0) is 18.2 Å². The standard InChI is InChI=1S/C13H16N2/c1-13(2,3)12-9-10-14-15(12)11-7-5-4-6-8-11/h4-10H,1-3H3. The molecule has 2 nitrogen and oxygen atoms in total. The van der Waals surface area contributed by atoms with Crippen LogP contribution in [-0.4, -0.2) is 9.78 Å². The van der Waals surface area contributed by atoms with E-state index in [1.165, 1.54) is 5.69 Å². The molecule has 0 amide bonds. The van der Waals surface area contributed by atoms with Crippen molar-refractivity contribution in [2.45, 2.75) is 26.2 Å². The highest BCUT2D eigenvalue weighted by Gasteiger charge is 2.19. The fourth-order valence-corrected chi connectivity index (χ4v) is 1.65. The van der Waals surface area contributed by atoms with Crippen molar-refractivity contribution in [3.63, 3.8) is 0 Å². The van der Waals surface area contributed by atoms with Gasteiger partial charge in [0.25, 0.3) is 0 Å². The Morgan fingerprint density at radius 1 is 1.00 bits per heavy atom. The lowest BCUT2D eigenvalue weighted by Crippen LogP contribution is -2.17. The lowest BCUT2D eigenvalue weighted by atomic mass is 9.92. The van der Waals surface area contributed by atoms with Gasteiger partial charge in [-0.3, -0.25) is 0 Å². The minimum Gasteiger partial charge on any atom is -0.237 e. The highest BCUT2D eigenvalue weighted by molar-refractivity contribution is 5.33. The molecule has 2 aromatic rings. The van der Waals surface area contributed by atoms with Gasteiger partial charge in [-0.25, -0.2) is 4.68 Å². The van der Waals surface area contributed by atoms with Crippen molar-refractivity contribution in [1.82, 2.24) is 9.78 Å². The van der Waals surface area contributed by atoms with E-state index in [1.54, 1.807) is 0 Å². The molecule has 2 rings (SSSR count). The van der Waals surface area contributed by atoms with Gasteiger partial charge in [-0.1, -0.05) is 39.0 Å². The van der Waals surface area contributed by atoms with Crippen LogP contribution in [0.3, 0.4) is 0 Å². The first-order valence-corrected chi connectivity index (χ1v) is 5.19. The van der Waals surface area contributed by atoms with Crippen LogP contribution in [0.25, 0.3) is 5.69 Å². The molecule has 78 valence electrons. The molecule has 0 unspecified atom stereocenters. The number of benzene rings is 1. The third-order valence-electron chi connectivity index (χ3n) is 2.41. The molecule has 0 saturated carbocycles. The Labute approximate surface area is 90.6 Å². The lowest BCUT2D eigenvalue weighted by molar-refractivity contribution is 0.544. The van der Waals surface area contributed by atoms with Crippen LogP contribution in [0.1, 0.15) is 26.5 Å². The zero-order valence-electron chi connectivity index (χ0n) is 9.44. The number of aromatic nitrogens is 2. The van der Waals surface area contributed by atoms with Crippen molar-refractivity contribution in [3.05, 3.63) is 48.3 Å². The van der Waals surface area contributed by atoms with E-state index in [-0.39, 0.29) is 5.41 Å². The fraction of sp³-hybridized carbons (Fsp3) is 0.308. The van der Waals surface area contributed by atoms with E-state index >= 15 is 0 Å². The zero-order valence-corrected chi connectivity index (χ0v) is 9.44. The quantitative estimate of drug-likeness (QED) is 0.691. The van der Waals surface area contributed by atoms with E-state index in [1.807, 2.05) is 29.1 Å². The molecular formula is C13H16N2. The van der Waals surface area contributed by atoms with Crippen molar-refractivity contribution < 1.29 is 0 Å². The number of hydrogen-bond acceptors (Lipinski definition) is 1. The van der Waals surface area contributed by atoms with Gasteiger partial charge in [-0.15, -0.1) is 0 Å². The van der Waals surface area contributed by atoms with Crippen LogP contribution in [0.2, 0.25) is 0 Å². The average Bonchev–Trinajstić information content (AvgIpc) is 2.67. The molecule has 1 aromatic carbocycles. The van der Waals surface area contributed by atoms with Crippen LogP contribution < -0.4 is 0 Å². The van der Waals surface area contributed by atoms with Gasteiger partial charge in [0, 0.05) is 17.3 Å². The number of rotatable bonds is 1. The van der Waals surface area contributed by atoms with Gasteiger partial charge in [0.2, 0.25) is 0 Å². The van der Waals surface area contributed by atoms with E-state index in [0.717, 1.165) is 5.69 Å². The topological polar surface area (TPSA) is 17.8 Å². The molecule has 0 aliphatic heterocycles. The second-order valence-electron chi connectivity index (χ2n) is 4.71. The van der Waals surface area contributed by atoms with Gasteiger partial charge in [0.05, 0.1) is 5.69 Å². The van der Waals surface area contributed by atoms with Crippen LogP contribution in [-0.2, 0) is 5.41 Å². The largest absolute Gasteiger partial charge is 0.237 e. The molecule has 0 fully saturated rings. The summed E-state index contributed by atoms with van der Waals surface area (Å²) in [5.74, 6) is 0. The molecule has 0 saturated heterocycles. The van der Waals surface area contributed by atoms with Gasteiger partial charge < -0.3 is 0 Å². The zero-order chi connectivity index (χ0) is 10.9. The summed E-state index contributed by atoms with van der Waals surface area (Å²) in [7, 11) is 0. The average molecular weight is 200 g/mol. The summed E-state index contributed by atoms with van der Waals surface area (Å²) < 4.78 is 2.00. The third kappa shape index (κ3) is 1.94. The number of hydrogen-bond donors (Lipinski definition) is 0. The van der Waals surface area contributed by atoms with Crippen molar-refractivity contribution in [2.24, 2.45) is 0 Å². The highest BCUT2D eigenvalue weighted by Crippen LogP contribution is 2.23. The molecule has 0 aliphatic carbocycles. The predicted octanol–water partition coefficient (Wildman–Crippen LogP) is 3.17. The van der Waals surface area contributed by atoms with E-state index < -0.39 is 0 Å². The molecule has 1 aromatic heterocycles. The highest BCUT2D eigenvalue weighted by atomic mass is 15.3. The van der Waals surface area contributed by atoms with E-state index in [9.17, 15) is 0 Å². The smallest absolute Gasteiger partial charge is 0.0649 e. The van der Waals surface area contributed by atoms with E-state index in [2.05, 4.69) is 44.1 Å². The normalized spacial score (nSPS) is 11.7. The maximum absolute atomic E-state index is 4.37. The van der Waals surface area contributed by atoms with Crippen LogP contribution in [0.4, 0.5) is 0 Å². The van der Waals surface area contributed by atoms with Crippen molar-refractivity contribution in [1.29, 1.82) is 0 Å². The second-order valence-corrected chi connectivity index (χ2v) is 4.71. The molecule has 0 bridgehead atoms. The third-order valence-corrected chi connectivity index (χ3v) is 2.41. The minimum atomic E-state index is 0.117. The van der Waals surface area contributed by atoms with Gasteiger partial charge in [0.15, 0.2) is 0 Å². The van der Waals surface area contributed by atoms with Crippen molar-refractivity contribution in [2.75, 3.05) is 0 Å². The maximum Gasteiger partial charge on any atom is 0.0649 e. The maximum atomic E-state index is 4.37. The predicted molar refractivity (Wildman–Crippen MR) is 62.3 cm³/mol. The molecule has 15 heavy (non-hydrogen) atoms. The Morgan fingerprint density at radius 2 is 1.67 bits per heavy atom. The molecule has 2 heteroatoms. The Balaban J connectivity index is 2.51. The Kier molecular flexibility index (Phi) is 2.35. The van der Waals surface area contributed by atoms with Crippen molar-refractivity contribution in [3.8, 4) is 5.69 Å². The van der Waals surface area contributed by atoms with E-state index in [0.29, 0.717) is 0 Å². The summed E-state index contributed by atoms with van der Waals surface area (Å²) in [4.78, 5) is 0. The van der Waals surface area contributed by atoms with Crippen LogP contribution in [0, 0.1) is 0 Å². The molecule has 0 aliphatic rings. The number of para-hydroxylation sites is 1. The molecule has 0 N–H and O–H groups in total. The Hall–Kier alpha value is -1.57. The van der Waals surface area contributed by atoms with Gasteiger partial charge >= 0.3 is 0 Å². The summed E-state index contributed by atoms with van der Waals surface area (Å²) in [6.45, 7) is 6.59. The first-order chi connectivity index (χ1) is 7.09. The van der Waals surface area contributed by atoms with Crippen LogP contribution in [0.5, 0.6) is 0 Å². The molecule has 0 radical (unpaired) electrons. The first kappa shape index (κ1) is 9.97. The lowest BCUT2D eigenvalue weighted by Gasteiger charge is -2.20. The summed E-state index contributed by atoms with van der Waals surface area (Å²) in [6.07, 6.45) is 1.85. The molecule has 0 atom stereocenters. The summed E-state index contributed by atoms with van der Waals surface area (Å²) in [5.41, 5.74) is 2.47. The summed E-state index contributed by atoms with van der Waals surface area (Å²) >= 11 is 0. The van der Waals surface area contributed by atoms with Crippen LogP contribution in [0.15, 0.2) is 42.6 Å². The number of nitrogens with zero attached hydrogens (tertiary/aromatic N) is 2. The summed E-state index contributed by atoms with van der Waals surface area (Å²) in [6, 6.07) is 12.3. The minimum absolute atomic E-state index is 0.117. The SMILES string of the molecule is CC(C)(C)c1ccnn1-c1ccccc1. The van der Waals surface area contributed by atoms with E-state index in [4.69, 9.17) is 0 Å². The van der Waals surface area contributed by atoms with Crippen molar-refractivity contribution >= 4 is 0 Å². The first-order valence-electron chi connectivity index (χ1n) is 5.19. The van der Waals surface area contributed by atoms with Gasteiger partial charge in [0.1, 0.15) is 0 Å². The molecule has 0 spiro atoms. The molecule has 1 heterocycles.